The highest BCUT2D eigenvalue weighted by Gasteiger charge is 2.11. The van der Waals surface area contributed by atoms with E-state index in [1.165, 1.54) is 0 Å². The van der Waals surface area contributed by atoms with Gasteiger partial charge in [0, 0.05) is 25.3 Å². The van der Waals surface area contributed by atoms with Gasteiger partial charge in [-0.3, -0.25) is 0 Å². The average Bonchev–Trinajstić information content (AvgIpc) is 2.47. The summed E-state index contributed by atoms with van der Waals surface area (Å²) < 4.78 is 5.16. The van der Waals surface area contributed by atoms with E-state index < -0.39 is 0 Å². The molecule has 0 fully saturated rings. The Balaban J connectivity index is 2.35. The molecule has 0 aliphatic heterocycles. The van der Waals surface area contributed by atoms with E-state index in [2.05, 4.69) is 15.3 Å². The van der Waals surface area contributed by atoms with Crippen molar-refractivity contribution >= 4 is 17.3 Å². The molecule has 100 valence electrons. The molecular weight excluding hydrogens is 240 g/mol. The molecule has 19 heavy (non-hydrogen) atoms. The second-order valence-corrected chi connectivity index (χ2v) is 4.18. The van der Waals surface area contributed by atoms with E-state index in [0.717, 1.165) is 28.6 Å². The van der Waals surface area contributed by atoms with Crippen molar-refractivity contribution in [2.45, 2.75) is 6.92 Å². The van der Waals surface area contributed by atoms with E-state index in [9.17, 15) is 0 Å². The Morgan fingerprint density at radius 2 is 1.84 bits per heavy atom. The molecule has 0 aliphatic carbocycles. The zero-order valence-corrected chi connectivity index (χ0v) is 11.6. The Labute approximate surface area is 113 Å². The van der Waals surface area contributed by atoms with Gasteiger partial charge in [-0.05, 0) is 31.2 Å². The lowest BCUT2D eigenvalue weighted by molar-refractivity contribution is 0.415. The van der Waals surface area contributed by atoms with E-state index in [4.69, 9.17) is 4.74 Å². The Hall–Kier alpha value is -2.30. The number of methoxy groups -OCH3 is 1. The van der Waals surface area contributed by atoms with E-state index in [0.29, 0.717) is 0 Å². The second-order valence-electron chi connectivity index (χ2n) is 4.18. The van der Waals surface area contributed by atoms with Crippen molar-refractivity contribution in [2.24, 2.45) is 0 Å². The first-order valence-electron chi connectivity index (χ1n) is 6.04. The fraction of sp³-hybridized carbons (Fsp3) is 0.286. The molecule has 1 aromatic heterocycles. The molecule has 0 saturated carbocycles. The smallest absolute Gasteiger partial charge is 0.141 e. The van der Waals surface area contributed by atoms with Crippen LogP contribution >= 0.6 is 0 Å². The molecule has 5 nitrogen and oxygen atoms in total. The van der Waals surface area contributed by atoms with Crippen molar-refractivity contribution < 1.29 is 4.74 Å². The van der Waals surface area contributed by atoms with Crippen LogP contribution in [0.3, 0.4) is 0 Å². The van der Waals surface area contributed by atoms with Crippen LogP contribution in [-0.4, -0.2) is 31.2 Å². The van der Waals surface area contributed by atoms with Crippen molar-refractivity contribution in [1.82, 2.24) is 9.97 Å². The maximum atomic E-state index is 5.16. The molecule has 0 atom stereocenters. The van der Waals surface area contributed by atoms with Crippen molar-refractivity contribution in [3.8, 4) is 5.75 Å². The number of nitrogens with one attached hydrogen (secondary N) is 1. The van der Waals surface area contributed by atoms with Gasteiger partial charge in [0.1, 0.15) is 23.7 Å². The van der Waals surface area contributed by atoms with Gasteiger partial charge in [0.25, 0.3) is 0 Å². The number of nitrogens with zero attached hydrogens (tertiary/aromatic N) is 3. The predicted octanol–water partition coefficient (Wildman–Crippen LogP) is 2.60. The molecule has 0 saturated heterocycles. The minimum Gasteiger partial charge on any atom is -0.497 e. The van der Waals surface area contributed by atoms with E-state index in [1.54, 1.807) is 13.4 Å². The monoisotopic (exact) mass is 258 g/mol. The third kappa shape index (κ3) is 2.59. The van der Waals surface area contributed by atoms with Gasteiger partial charge in [0.15, 0.2) is 0 Å². The quantitative estimate of drug-likeness (QED) is 0.913. The normalized spacial score (nSPS) is 10.1. The Kier molecular flexibility index (Phi) is 3.85. The maximum Gasteiger partial charge on any atom is 0.141 e. The first-order chi connectivity index (χ1) is 9.17. The molecule has 0 spiro atoms. The SMILES string of the molecule is CNc1ncnc(N(C)c2ccc(OC)cc2)c1C. The number of ether oxygens (including phenoxy) is 1. The average molecular weight is 258 g/mol. The lowest BCUT2D eigenvalue weighted by Crippen LogP contribution is -2.14. The van der Waals surface area contributed by atoms with Crippen molar-refractivity contribution in [3.63, 3.8) is 0 Å². The van der Waals surface area contributed by atoms with Gasteiger partial charge in [-0.2, -0.15) is 0 Å². The zero-order valence-electron chi connectivity index (χ0n) is 11.6. The van der Waals surface area contributed by atoms with Crippen LogP contribution in [0.2, 0.25) is 0 Å². The molecular formula is C14H18N4O. The maximum absolute atomic E-state index is 5.16. The van der Waals surface area contributed by atoms with Crippen LogP contribution in [-0.2, 0) is 0 Å². The van der Waals surface area contributed by atoms with Crippen LogP contribution in [0, 0.1) is 6.92 Å². The van der Waals surface area contributed by atoms with Crippen LogP contribution in [0.4, 0.5) is 17.3 Å². The molecule has 0 unspecified atom stereocenters. The Morgan fingerprint density at radius 1 is 1.16 bits per heavy atom. The topological polar surface area (TPSA) is 50.3 Å². The summed E-state index contributed by atoms with van der Waals surface area (Å²) >= 11 is 0. The second kappa shape index (κ2) is 5.56. The number of hydrogen-bond acceptors (Lipinski definition) is 5. The first kappa shape index (κ1) is 13.1. The van der Waals surface area contributed by atoms with Crippen LogP contribution in [0.5, 0.6) is 5.75 Å². The third-order valence-electron chi connectivity index (χ3n) is 3.07. The molecule has 5 heteroatoms. The molecule has 0 bridgehead atoms. The summed E-state index contributed by atoms with van der Waals surface area (Å²) in [6.07, 6.45) is 1.56. The van der Waals surface area contributed by atoms with Gasteiger partial charge in [-0.15, -0.1) is 0 Å². The molecule has 1 N–H and O–H groups in total. The summed E-state index contributed by atoms with van der Waals surface area (Å²) in [6, 6.07) is 7.86. The van der Waals surface area contributed by atoms with Crippen molar-refractivity contribution in [1.29, 1.82) is 0 Å². The van der Waals surface area contributed by atoms with Gasteiger partial charge in [0.05, 0.1) is 7.11 Å². The Morgan fingerprint density at radius 3 is 2.42 bits per heavy atom. The summed E-state index contributed by atoms with van der Waals surface area (Å²) in [7, 11) is 5.50. The summed E-state index contributed by atoms with van der Waals surface area (Å²) in [5.41, 5.74) is 2.06. The number of aromatic nitrogens is 2. The lowest BCUT2D eigenvalue weighted by Gasteiger charge is -2.21. The van der Waals surface area contributed by atoms with Crippen molar-refractivity contribution in [3.05, 3.63) is 36.2 Å². The molecule has 2 aromatic rings. The zero-order chi connectivity index (χ0) is 13.8. The minimum absolute atomic E-state index is 0.838. The van der Waals surface area contributed by atoms with E-state index >= 15 is 0 Å². The van der Waals surface area contributed by atoms with Crippen LogP contribution in [0.25, 0.3) is 0 Å². The molecule has 1 heterocycles. The fourth-order valence-corrected chi connectivity index (χ4v) is 1.96. The number of anilines is 3. The van der Waals surface area contributed by atoms with Gasteiger partial charge in [-0.25, -0.2) is 9.97 Å². The van der Waals surface area contributed by atoms with E-state index in [-0.39, 0.29) is 0 Å². The number of rotatable bonds is 4. The first-order valence-corrected chi connectivity index (χ1v) is 6.04. The highest BCUT2D eigenvalue weighted by Crippen LogP contribution is 2.28. The highest BCUT2D eigenvalue weighted by molar-refractivity contribution is 5.66. The molecule has 1 aromatic carbocycles. The number of benzene rings is 1. The standard InChI is InChI=1S/C14H18N4O/c1-10-13(15-2)16-9-17-14(10)18(3)11-5-7-12(19-4)8-6-11/h5-9H,1-4H3,(H,15,16,17). The minimum atomic E-state index is 0.838. The van der Waals surface area contributed by atoms with Gasteiger partial charge < -0.3 is 15.0 Å². The summed E-state index contributed by atoms with van der Waals surface area (Å²) in [5.74, 6) is 2.56. The molecule has 0 aliphatic rings. The molecule has 0 radical (unpaired) electrons. The van der Waals surface area contributed by atoms with Gasteiger partial charge in [0.2, 0.25) is 0 Å². The predicted molar refractivity (Wildman–Crippen MR) is 77.4 cm³/mol. The Bertz CT molecular complexity index is 554. The van der Waals surface area contributed by atoms with Crippen LogP contribution < -0.4 is 15.0 Å². The number of hydrogen-bond donors (Lipinski definition) is 1. The van der Waals surface area contributed by atoms with Crippen molar-refractivity contribution in [2.75, 3.05) is 31.4 Å². The molecule has 2 rings (SSSR count). The van der Waals surface area contributed by atoms with E-state index in [1.807, 2.05) is 50.2 Å². The van der Waals surface area contributed by atoms with Crippen LogP contribution in [0.15, 0.2) is 30.6 Å². The summed E-state index contributed by atoms with van der Waals surface area (Å²) in [6.45, 7) is 2.00. The van der Waals surface area contributed by atoms with Gasteiger partial charge >= 0.3 is 0 Å². The third-order valence-corrected chi connectivity index (χ3v) is 3.07. The largest absolute Gasteiger partial charge is 0.497 e. The lowest BCUT2D eigenvalue weighted by atomic mass is 10.2. The molecule has 0 amide bonds. The summed E-state index contributed by atoms with van der Waals surface area (Å²) in [5, 5.41) is 3.06. The van der Waals surface area contributed by atoms with Crippen LogP contribution in [0.1, 0.15) is 5.56 Å². The van der Waals surface area contributed by atoms with Gasteiger partial charge in [-0.1, -0.05) is 0 Å². The highest BCUT2D eigenvalue weighted by atomic mass is 16.5. The summed E-state index contributed by atoms with van der Waals surface area (Å²) in [4.78, 5) is 10.6. The fourth-order valence-electron chi connectivity index (χ4n) is 1.96.